The number of alkyl halides is 2. The highest BCUT2D eigenvalue weighted by Crippen LogP contribution is 2.41. The topological polar surface area (TPSA) is 43.8 Å². The molecular formula is C9H13F2N3. The van der Waals surface area contributed by atoms with Gasteiger partial charge in [-0.25, -0.2) is 8.78 Å². The van der Waals surface area contributed by atoms with Crippen molar-refractivity contribution in [1.82, 2.24) is 9.78 Å². The van der Waals surface area contributed by atoms with Crippen molar-refractivity contribution in [2.75, 3.05) is 0 Å². The molecule has 2 rings (SSSR count). The van der Waals surface area contributed by atoms with Gasteiger partial charge >= 0.3 is 0 Å². The first kappa shape index (κ1) is 9.58. The third-order valence-electron chi connectivity index (χ3n) is 2.81. The van der Waals surface area contributed by atoms with Gasteiger partial charge in [-0.1, -0.05) is 0 Å². The Morgan fingerprint density at radius 1 is 1.57 bits per heavy atom. The summed E-state index contributed by atoms with van der Waals surface area (Å²) >= 11 is 0. The number of rotatable bonds is 2. The summed E-state index contributed by atoms with van der Waals surface area (Å²) in [5.41, 5.74) is 5.72. The number of nitrogens with two attached hydrogens (primary N) is 1. The van der Waals surface area contributed by atoms with E-state index in [0.717, 1.165) is 19.3 Å². The molecule has 1 aromatic heterocycles. The van der Waals surface area contributed by atoms with Crippen LogP contribution in [0.1, 0.15) is 36.9 Å². The van der Waals surface area contributed by atoms with E-state index in [9.17, 15) is 8.78 Å². The molecule has 1 saturated carbocycles. The van der Waals surface area contributed by atoms with E-state index in [2.05, 4.69) is 5.10 Å². The lowest BCUT2D eigenvalue weighted by atomic mass is 9.74. The van der Waals surface area contributed by atoms with Gasteiger partial charge in [0.05, 0.1) is 16.8 Å². The van der Waals surface area contributed by atoms with Gasteiger partial charge in [-0.15, -0.1) is 0 Å². The Morgan fingerprint density at radius 2 is 2.21 bits per heavy atom. The summed E-state index contributed by atoms with van der Waals surface area (Å²) in [5, 5.41) is 4.04. The van der Waals surface area contributed by atoms with Gasteiger partial charge in [0, 0.05) is 13.2 Å². The molecule has 0 aliphatic heterocycles. The average molecular weight is 201 g/mol. The summed E-state index contributed by atoms with van der Waals surface area (Å²) in [7, 11) is 1.64. The highest BCUT2D eigenvalue weighted by Gasteiger charge is 2.40. The lowest BCUT2D eigenvalue weighted by Crippen LogP contribution is -2.44. The molecule has 5 heteroatoms. The quantitative estimate of drug-likeness (QED) is 0.791. The third kappa shape index (κ3) is 1.32. The van der Waals surface area contributed by atoms with Gasteiger partial charge in [-0.05, 0) is 19.3 Å². The Labute approximate surface area is 80.9 Å². The fourth-order valence-corrected chi connectivity index (χ4v) is 1.85. The first-order valence-corrected chi connectivity index (χ1v) is 4.64. The summed E-state index contributed by atoms with van der Waals surface area (Å²) in [4.78, 5) is 0. The van der Waals surface area contributed by atoms with Crippen molar-refractivity contribution in [3.8, 4) is 0 Å². The zero-order chi connectivity index (χ0) is 10.3. The maximum Gasteiger partial charge on any atom is 0.267 e. The Morgan fingerprint density at radius 3 is 2.64 bits per heavy atom. The van der Waals surface area contributed by atoms with Crippen LogP contribution in [-0.2, 0) is 12.6 Å². The van der Waals surface area contributed by atoms with Gasteiger partial charge in [0.15, 0.2) is 0 Å². The van der Waals surface area contributed by atoms with E-state index in [1.165, 1.54) is 10.9 Å². The molecule has 0 unspecified atom stereocenters. The van der Waals surface area contributed by atoms with Crippen molar-refractivity contribution in [2.45, 2.75) is 31.2 Å². The molecule has 2 N–H and O–H groups in total. The number of halogens is 2. The van der Waals surface area contributed by atoms with Gasteiger partial charge in [-0.3, -0.25) is 4.68 Å². The highest BCUT2D eigenvalue weighted by molar-refractivity contribution is 5.28. The van der Waals surface area contributed by atoms with E-state index < -0.39 is 12.0 Å². The average Bonchev–Trinajstić information content (AvgIpc) is 2.43. The standard InChI is InChI=1S/C9H13F2N3/c1-14-5-6(8(10)11)7(13-14)9(12)3-2-4-9/h5,8H,2-4,12H2,1H3. The van der Waals surface area contributed by atoms with Crippen LogP contribution < -0.4 is 5.73 Å². The summed E-state index contributed by atoms with van der Waals surface area (Å²) < 4.78 is 26.7. The van der Waals surface area contributed by atoms with Gasteiger partial charge < -0.3 is 5.73 Å². The normalized spacial score (nSPS) is 19.8. The minimum atomic E-state index is -2.49. The molecule has 14 heavy (non-hydrogen) atoms. The van der Waals surface area contributed by atoms with Crippen molar-refractivity contribution in [3.05, 3.63) is 17.5 Å². The summed E-state index contributed by atoms with van der Waals surface area (Å²) in [5.74, 6) is 0. The van der Waals surface area contributed by atoms with Crippen molar-refractivity contribution >= 4 is 0 Å². The van der Waals surface area contributed by atoms with Crippen LogP contribution >= 0.6 is 0 Å². The van der Waals surface area contributed by atoms with Crippen LogP contribution in [0.4, 0.5) is 8.78 Å². The highest BCUT2D eigenvalue weighted by atomic mass is 19.3. The van der Waals surface area contributed by atoms with Crippen LogP contribution in [0.3, 0.4) is 0 Å². The monoisotopic (exact) mass is 201 g/mol. The van der Waals surface area contributed by atoms with E-state index in [1.807, 2.05) is 0 Å². The molecule has 0 aromatic carbocycles. The van der Waals surface area contributed by atoms with Gasteiger partial charge in [0.1, 0.15) is 0 Å². The molecule has 0 saturated heterocycles. The fraction of sp³-hybridized carbons (Fsp3) is 0.667. The molecule has 3 nitrogen and oxygen atoms in total. The lowest BCUT2D eigenvalue weighted by Gasteiger charge is -2.37. The van der Waals surface area contributed by atoms with Crippen molar-refractivity contribution < 1.29 is 8.78 Å². The summed E-state index contributed by atoms with van der Waals surface area (Å²) in [6, 6.07) is 0. The summed E-state index contributed by atoms with van der Waals surface area (Å²) in [6.45, 7) is 0. The molecule has 0 atom stereocenters. The van der Waals surface area contributed by atoms with Crippen LogP contribution in [0.15, 0.2) is 6.20 Å². The molecule has 0 bridgehead atoms. The van der Waals surface area contributed by atoms with E-state index in [4.69, 9.17) is 5.73 Å². The lowest BCUT2D eigenvalue weighted by molar-refractivity contribution is 0.143. The Hall–Kier alpha value is -0.970. The Balaban J connectivity index is 2.40. The Kier molecular flexibility index (Phi) is 2.06. The van der Waals surface area contributed by atoms with Crippen LogP contribution in [-0.4, -0.2) is 9.78 Å². The molecule has 0 spiro atoms. The third-order valence-corrected chi connectivity index (χ3v) is 2.81. The van der Waals surface area contributed by atoms with E-state index in [-0.39, 0.29) is 5.56 Å². The van der Waals surface area contributed by atoms with Crippen LogP contribution in [0, 0.1) is 0 Å². The maximum absolute atomic E-state index is 12.6. The van der Waals surface area contributed by atoms with Crippen LogP contribution in [0.2, 0.25) is 0 Å². The molecule has 1 fully saturated rings. The minimum absolute atomic E-state index is 0.0188. The number of aryl methyl sites for hydroxylation is 1. The van der Waals surface area contributed by atoms with E-state index >= 15 is 0 Å². The zero-order valence-electron chi connectivity index (χ0n) is 8.00. The molecule has 1 aromatic rings. The van der Waals surface area contributed by atoms with Crippen molar-refractivity contribution in [2.24, 2.45) is 12.8 Å². The summed E-state index contributed by atoms with van der Waals surface area (Å²) in [6.07, 6.45) is 1.37. The van der Waals surface area contributed by atoms with Crippen molar-refractivity contribution in [1.29, 1.82) is 0 Å². The fourth-order valence-electron chi connectivity index (χ4n) is 1.85. The second-order valence-electron chi connectivity index (χ2n) is 3.92. The number of hydrogen-bond donors (Lipinski definition) is 1. The predicted octanol–water partition coefficient (Wildman–Crippen LogP) is 1.70. The SMILES string of the molecule is Cn1cc(C(F)F)c(C2(N)CCC2)n1. The van der Waals surface area contributed by atoms with Gasteiger partial charge in [0.25, 0.3) is 6.43 Å². The van der Waals surface area contributed by atoms with Gasteiger partial charge in [-0.2, -0.15) is 5.10 Å². The first-order chi connectivity index (χ1) is 6.53. The molecular weight excluding hydrogens is 188 g/mol. The second-order valence-corrected chi connectivity index (χ2v) is 3.92. The minimum Gasteiger partial charge on any atom is -0.320 e. The van der Waals surface area contributed by atoms with Crippen LogP contribution in [0.5, 0.6) is 0 Å². The van der Waals surface area contributed by atoms with Crippen molar-refractivity contribution in [3.63, 3.8) is 0 Å². The van der Waals surface area contributed by atoms with E-state index in [0.29, 0.717) is 5.69 Å². The number of nitrogens with zero attached hydrogens (tertiary/aromatic N) is 2. The second kappa shape index (κ2) is 3.02. The molecule has 1 aliphatic carbocycles. The molecule has 0 amide bonds. The zero-order valence-corrected chi connectivity index (χ0v) is 8.00. The number of aromatic nitrogens is 2. The Bertz CT molecular complexity index is 342. The molecule has 1 aliphatic rings. The smallest absolute Gasteiger partial charge is 0.267 e. The molecule has 0 radical (unpaired) electrons. The maximum atomic E-state index is 12.6. The van der Waals surface area contributed by atoms with Crippen LogP contribution in [0.25, 0.3) is 0 Å². The van der Waals surface area contributed by atoms with Gasteiger partial charge in [0.2, 0.25) is 0 Å². The molecule has 78 valence electrons. The number of hydrogen-bond acceptors (Lipinski definition) is 2. The first-order valence-electron chi connectivity index (χ1n) is 4.64. The van der Waals surface area contributed by atoms with E-state index in [1.54, 1.807) is 7.05 Å². The molecule has 1 heterocycles. The predicted molar refractivity (Wildman–Crippen MR) is 47.9 cm³/mol. The largest absolute Gasteiger partial charge is 0.320 e.